The van der Waals surface area contributed by atoms with Crippen LogP contribution in [0.3, 0.4) is 0 Å². The van der Waals surface area contributed by atoms with E-state index >= 15 is 0 Å². The zero-order chi connectivity index (χ0) is 22.5. The van der Waals surface area contributed by atoms with E-state index in [1.54, 1.807) is 6.08 Å². The fourth-order valence-corrected chi connectivity index (χ4v) is 4.00. The molecule has 0 aliphatic carbocycles. The molecule has 1 aliphatic rings. The number of thioether (sulfide) groups is 1. The molecule has 0 bridgehead atoms. The fraction of sp³-hybridized carbons (Fsp3) is 0.292. The Kier molecular flexibility index (Phi) is 7.17. The van der Waals surface area contributed by atoms with E-state index in [9.17, 15) is 14.4 Å². The summed E-state index contributed by atoms with van der Waals surface area (Å²) in [4.78, 5) is 38.9. The molecular formula is C24H26N2O4S. The number of rotatable bonds is 7. The first-order valence-electron chi connectivity index (χ1n) is 10.2. The van der Waals surface area contributed by atoms with Gasteiger partial charge < -0.3 is 10.1 Å². The topological polar surface area (TPSA) is 75.7 Å². The Hall–Kier alpha value is -3.06. The average Bonchev–Trinajstić information content (AvgIpc) is 2.96. The third-order valence-corrected chi connectivity index (χ3v) is 5.70. The van der Waals surface area contributed by atoms with Crippen molar-refractivity contribution in [2.45, 2.75) is 40.2 Å². The van der Waals surface area contributed by atoms with Crippen molar-refractivity contribution in [2.75, 3.05) is 11.9 Å². The van der Waals surface area contributed by atoms with Gasteiger partial charge in [-0.1, -0.05) is 31.2 Å². The van der Waals surface area contributed by atoms with Gasteiger partial charge in [-0.2, -0.15) is 0 Å². The molecule has 0 radical (unpaired) electrons. The van der Waals surface area contributed by atoms with Gasteiger partial charge in [0.15, 0.2) is 0 Å². The number of nitrogens with zero attached hydrogens (tertiary/aromatic N) is 1. The van der Waals surface area contributed by atoms with Crippen LogP contribution < -0.4 is 10.1 Å². The lowest BCUT2D eigenvalue weighted by molar-refractivity contribution is -0.127. The van der Waals surface area contributed by atoms with Crippen LogP contribution in [0.5, 0.6) is 5.75 Å². The zero-order valence-electron chi connectivity index (χ0n) is 18.1. The number of para-hydroxylation sites is 1. The Morgan fingerprint density at radius 3 is 2.52 bits per heavy atom. The van der Waals surface area contributed by atoms with Crippen molar-refractivity contribution >= 4 is 40.6 Å². The van der Waals surface area contributed by atoms with Crippen molar-refractivity contribution in [3.05, 3.63) is 64.1 Å². The third-order valence-electron chi connectivity index (χ3n) is 4.79. The van der Waals surface area contributed by atoms with Crippen LogP contribution in [0.15, 0.2) is 47.4 Å². The standard InChI is InChI=1S/C24H26N2O4S/c1-5-17(4)30-20-9-7-6-8-18(20)13-21-23(28)26(24(29)31-21)14-22(27)25-19-11-15(2)10-16(3)12-19/h6-13,17H,5,14H2,1-4H3,(H,25,27)/b21-13+/t17-/m1/s1. The lowest BCUT2D eigenvalue weighted by atomic mass is 10.1. The van der Waals surface area contributed by atoms with Gasteiger partial charge in [0.05, 0.1) is 11.0 Å². The van der Waals surface area contributed by atoms with E-state index in [0.29, 0.717) is 17.0 Å². The van der Waals surface area contributed by atoms with Crippen molar-refractivity contribution in [2.24, 2.45) is 0 Å². The second-order valence-corrected chi connectivity index (χ2v) is 8.56. The number of anilines is 1. The summed E-state index contributed by atoms with van der Waals surface area (Å²) in [7, 11) is 0. The summed E-state index contributed by atoms with van der Waals surface area (Å²) < 4.78 is 5.92. The summed E-state index contributed by atoms with van der Waals surface area (Å²) >= 11 is 0.826. The predicted octanol–water partition coefficient (Wildman–Crippen LogP) is 5.16. The van der Waals surface area contributed by atoms with Gasteiger partial charge in [-0.05, 0) is 74.4 Å². The largest absolute Gasteiger partial charge is 0.490 e. The molecular weight excluding hydrogens is 412 g/mol. The first kappa shape index (κ1) is 22.6. The van der Waals surface area contributed by atoms with Crippen LogP contribution in [-0.2, 0) is 9.59 Å². The molecule has 1 atom stereocenters. The smallest absolute Gasteiger partial charge is 0.294 e. The maximum absolute atomic E-state index is 12.8. The SMILES string of the molecule is CC[C@@H](C)Oc1ccccc1/C=C1/SC(=O)N(CC(=O)Nc2cc(C)cc(C)c2)C1=O. The van der Waals surface area contributed by atoms with Gasteiger partial charge in [-0.25, -0.2) is 0 Å². The van der Waals surface area contributed by atoms with Crippen molar-refractivity contribution in [1.82, 2.24) is 4.90 Å². The molecule has 0 unspecified atom stereocenters. The highest BCUT2D eigenvalue weighted by molar-refractivity contribution is 8.18. The summed E-state index contributed by atoms with van der Waals surface area (Å²) in [6.07, 6.45) is 2.52. The number of aryl methyl sites for hydroxylation is 2. The van der Waals surface area contributed by atoms with E-state index < -0.39 is 17.1 Å². The first-order valence-corrected chi connectivity index (χ1v) is 11.0. The molecule has 162 valence electrons. The first-order chi connectivity index (χ1) is 14.8. The van der Waals surface area contributed by atoms with Gasteiger partial charge in [0, 0.05) is 11.3 Å². The Morgan fingerprint density at radius 2 is 1.84 bits per heavy atom. The molecule has 2 aromatic carbocycles. The van der Waals surface area contributed by atoms with Gasteiger partial charge in [0.25, 0.3) is 11.1 Å². The Labute approximate surface area is 186 Å². The number of nitrogens with one attached hydrogen (secondary N) is 1. The monoisotopic (exact) mass is 438 g/mol. The van der Waals surface area contributed by atoms with Crippen LogP contribution in [0.1, 0.15) is 37.0 Å². The normalized spacial score (nSPS) is 16.0. The van der Waals surface area contributed by atoms with Crippen LogP contribution >= 0.6 is 11.8 Å². The van der Waals surface area contributed by atoms with Crippen LogP contribution in [0, 0.1) is 13.8 Å². The lowest BCUT2D eigenvalue weighted by Gasteiger charge is -2.15. The molecule has 0 saturated carbocycles. The van der Waals surface area contributed by atoms with Gasteiger partial charge in [0.1, 0.15) is 12.3 Å². The minimum absolute atomic E-state index is 0.0265. The molecule has 0 aromatic heterocycles. The van der Waals surface area contributed by atoms with E-state index in [2.05, 4.69) is 5.32 Å². The lowest BCUT2D eigenvalue weighted by Crippen LogP contribution is -2.36. The number of imide groups is 1. The van der Waals surface area contributed by atoms with Crippen LogP contribution in [0.2, 0.25) is 0 Å². The number of hydrogen-bond acceptors (Lipinski definition) is 5. The van der Waals surface area contributed by atoms with E-state index in [4.69, 9.17) is 4.74 Å². The highest BCUT2D eigenvalue weighted by Crippen LogP contribution is 2.34. The molecule has 1 heterocycles. The quantitative estimate of drug-likeness (QED) is 0.605. The average molecular weight is 439 g/mol. The van der Waals surface area contributed by atoms with Crippen LogP contribution in [0.4, 0.5) is 10.5 Å². The van der Waals surface area contributed by atoms with Crippen molar-refractivity contribution < 1.29 is 19.1 Å². The van der Waals surface area contributed by atoms with Crippen molar-refractivity contribution in [3.8, 4) is 5.75 Å². The minimum Gasteiger partial charge on any atom is -0.490 e. The van der Waals surface area contributed by atoms with Gasteiger partial charge in [-0.3, -0.25) is 19.3 Å². The molecule has 0 spiro atoms. The molecule has 1 N–H and O–H groups in total. The number of ether oxygens (including phenoxy) is 1. The van der Waals surface area contributed by atoms with E-state index in [0.717, 1.165) is 34.2 Å². The molecule has 2 aromatic rings. The highest BCUT2D eigenvalue weighted by Gasteiger charge is 2.36. The molecule has 1 fully saturated rings. The van der Waals surface area contributed by atoms with Crippen molar-refractivity contribution in [3.63, 3.8) is 0 Å². The number of carbonyl (C=O) groups excluding carboxylic acids is 3. The van der Waals surface area contributed by atoms with Gasteiger partial charge >= 0.3 is 0 Å². The van der Waals surface area contributed by atoms with Crippen molar-refractivity contribution in [1.29, 1.82) is 0 Å². The summed E-state index contributed by atoms with van der Waals surface area (Å²) in [6.45, 7) is 7.54. The number of amides is 3. The molecule has 3 amide bonds. The third kappa shape index (κ3) is 5.76. The maximum atomic E-state index is 12.8. The Balaban J connectivity index is 1.73. The minimum atomic E-state index is -0.482. The summed E-state index contributed by atoms with van der Waals surface area (Å²) in [5.41, 5.74) is 3.39. The molecule has 1 aliphatic heterocycles. The second kappa shape index (κ2) is 9.83. The van der Waals surface area contributed by atoms with Crippen LogP contribution in [0.25, 0.3) is 6.08 Å². The summed E-state index contributed by atoms with van der Waals surface area (Å²) in [5.74, 6) is -0.255. The number of carbonyl (C=O) groups is 3. The van der Waals surface area contributed by atoms with E-state index in [-0.39, 0.29) is 17.6 Å². The van der Waals surface area contributed by atoms with Crippen LogP contribution in [-0.4, -0.2) is 34.6 Å². The zero-order valence-corrected chi connectivity index (χ0v) is 18.9. The number of hydrogen-bond donors (Lipinski definition) is 1. The highest BCUT2D eigenvalue weighted by atomic mass is 32.2. The van der Waals surface area contributed by atoms with E-state index in [1.807, 2.05) is 70.2 Å². The molecule has 1 saturated heterocycles. The summed E-state index contributed by atoms with van der Waals surface area (Å²) in [5, 5.41) is 2.29. The molecule has 6 nitrogen and oxygen atoms in total. The second-order valence-electron chi connectivity index (χ2n) is 7.57. The summed E-state index contributed by atoms with van der Waals surface area (Å²) in [6, 6.07) is 13.0. The molecule has 31 heavy (non-hydrogen) atoms. The Morgan fingerprint density at radius 1 is 1.16 bits per heavy atom. The fourth-order valence-electron chi connectivity index (χ4n) is 3.18. The van der Waals surface area contributed by atoms with Gasteiger partial charge in [-0.15, -0.1) is 0 Å². The molecule has 3 rings (SSSR count). The number of benzene rings is 2. The Bertz CT molecular complexity index is 1030. The maximum Gasteiger partial charge on any atom is 0.294 e. The predicted molar refractivity (Wildman–Crippen MR) is 124 cm³/mol. The van der Waals surface area contributed by atoms with Gasteiger partial charge in [0.2, 0.25) is 5.91 Å². The molecule has 7 heteroatoms. The van der Waals surface area contributed by atoms with E-state index in [1.165, 1.54) is 0 Å².